The van der Waals surface area contributed by atoms with Gasteiger partial charge in [0.05, 0.1) is 12.2 Å². The van der Waals surface area contributed by atoms with Crippen LogP contribution in [0.5, 0.6) is 0 Å². The van der Waals surface area contributed by atoms with Gasteiger partial charge in [0.1, 0.15) is 5.82 Å². The molecule has 0 unspecified atom stereocenters. The van der Waals surface area contributed by atoms with Crippen molar-refractivity contribution in [3.05, 3.63) is 47.2 Å². The van der Waals surface area contributed by atoms with Gasteiger partial charge in [-0.3, -0.25) is 4.79 Å². The Bertz CT molecular complexity index is 634. The molecule has 21 heavy (non-hydrogen) atoms. The number of anilines is 1. The zero-order valence-corrected chi connectivity index (χ0v) is 12.6. The van der Waals surface area contributed by atoms with Gasteiger partial charge in [-0.1, -0.05) is 30.0 Å². The van der Waals surface area contributed by atoms with E-state index in [-0.39, 0.29) is 5.91 Å². The lowest BCUT2D eigenvalue weighted by molar-refractivity contribution is 0.102. The first-order valence-corrected chi connectivity index (χ1v) is 7.56. The molecule has 1 fully saturated rings. The number of rotatable bonds is 3. The van der Waals surface area contributed by atoms with Gasteiger partial charge in [-0.25, -0.2) is 4.68 Å². The van der Waals surface area contributed by atoms with E-state index < -0.39 is 0 Å². The van der Waals surface area contributed by atoms with Crippen molar-refractivity contribution in [2.75, 3.05) is 5.32 Å². The maximum atomic E-state index is 12.4. The van der Waals surface area contributed by atoms with E-state index in [0.29, 0.717) is 11.6 Å². The lowest BCUT2D eigenvalue weighted by Crippen LogP contribution is -2.17. The number of hydrogen-bond acceptors (Lipinski definition) is 2. The molecule has 110 valence electrons. The molecule has 0 radical (unpaired) electrons. The Labute approximate surface area is 125 Å². The normalized spacial score (nSPS) is 15.3. The molecular weight excluding hydrogens is 262 g/mol. The third-order valence-corrected chi connectivity index (χ3v) is 4.07. The summed E-state index contributed by atoms with van der Waals surface area (Å²) in [5, 5.41) is 7.38. The smallest absolute Gasteiger partial charge is 0.256 e. The van der Waals surface area contributed by atoms with Gasteiger partial charge in [0.15, 0.2) is 0 Å². The van der Waals surface area contributed by atoms with Gasteiger partial charge in [0.2, 0.25) is 0 Å². The number of hydrogen-bond donors (Lipinski definition) is 1. The zero-order valence-electron chi connectivity index (χ0n) is 12.6. The quantitative estimate of drug-likeness (QED) is 0.929. The molecule has 1 N–H and O–H groups in total. The molecule has 2 aromatic rings. The minimum absolute atomic E-state index is 0.0680. The summed E-state index contributed by atoms with van der Waals surface area (Å²) in [6.45, 7) is 4.01. The molecule has 4 heteroatoms. The van der Waals surface area contributed by atoms with Gasteiger partial charge < -0.3 is 5.32 Å². The molecule has 1 amide bonds. The number of carbonyl (C=O) groups excluding carboxylic acids is 1. The fourth-order valence-corrected chi connectivity index (χ4v) is 3.15. The molecular formula is C17H21N3O. The average Bonchev–Trinajstić information content (AvgIpc) is 3.07. The number of aryl methyl sites for hydroxylation is 2. The molecule has 0 bridgehead atoms. The van der Waals surface area contributed by atoms with Crippen LogP contribution in [0.2, 0.25) is 0 Å². The van der Waals surface area contributed by atoms with Crippen molar-refractivity contribution in [3.8, 4) is 0 Å². The Balaban J connectivity index is 1.80. The van der Waals surface area contributed by atoms with Crippen LogP contribution in [0.4, 0.5) is 5.82 Å². The summed E-state index contributed by atoms with van der Waals surface area (Å²) < 4.78 is 1.97. The highest BCUT2D eigenvalue weighted by Gasteiger charge is 2.20. The molecule has 1 aromatic carbocycles. The van der Waals surface area contributed by atoms with Crippen LogP contribution in [-0.4, -0.2) is 15.7 Å². The fourth-order valence-electron chi connectivity index (χ4n) is 3.15. The molecule has 1 aliphatic rings. The third-order valence-electron chi connectivity index (χ3n) is 4.07. The molecule has 1 saturated carbocycles. The van der Waals surface area contributed by atoms with Crippen molar-refractivity contribution in [1.82, 2.24) is 9.78 Å². The Hall–Kier alpha value is -2.10. The Morgan fingerprint density at radius 1 is 1.19 bits per heavy atom. The van der Waals surface area contributed by atoms with Crippen molar-refractivity contribution in [3.63, 3.8) is 0 Å². The molecule has 4 nitrogen and oxygen atoms in total. The first-order valence-electron chi connectivity index (χ1n) is 7.56. The van der Waals surface area contributed by atoms with E-state index in [4.69, 9.17) is 0 Å². The first kappa shape index (κ1) is 13.9. The van der Waals surface area contributed by atoms with Crippen LogP contribution >= 0.6 is 0 Å². The highest BCUT2D eigenvalue weighted by atomic mass is 16.1. The van der Waals surface area contributed by atoms with Crippen LogP contribution in [-0.2, 0) is 0 Å². The van der Waals surface area contributed by atoms with E-state index in [9.17, 15) is 4.79 Å². The number of aromatic nitrogens is 2. The van der Waals surface area contributed by atoms with Gasteiger partial charge in [0.25, 0.3) is 5.91 Å². The lowest BCUT2D eigenvalue weighted by Gasteiger charge is -2.15. The SMILES string of the molecule is Cc1cc(C)cc(C(=O)Nc2ccnn2C2CCCC2)c1. The van der Waals surface area contributed by atoms with Crippen molar-refractivity contribution in [2.45, 2.75) is 45.6 Å². The van der Waals surface area contributed by atoms with Crippen molar-refractivity contribution in [1.29, 1.82) is 0 Å². The summed E-state index contributed by atoms with van der Waals surface area (Å²) in [5.74, 6) is 0.729. The van der Waals surface area contributed by atoms with E-state index >= 15 is 0 Å². The van der Waals surface area contributed by atoms with Crippen LogP contribution in [0.15, 0.2) is 30.5 Å². The third kappa shape index (κ3) is 2.99. The Kier molecular flexibility index (Phi) is 3.78. The van der Waals surface area contributed by atoms with Crippen LogP contribution in [0.1, 0.15) is 53.2 Å². The lowest BCUT2D eigenvalue weighted by atomic mass is 10.1. The van der Waals surface area contributed by atoms with E-state index in [1.165, 1.54) is 12.8 Å². The van der Waals surface area contributed by atoms with E-state index in [1.807, 2.05) is 36.7 Å². The van der Waals surface area contributed by atoms with Crippen LogP contribution in [0, 0.1) is 13.8 Å². The second kappa shape index (κ2) is 5.72. The summed E-state index contributed by atoms with van der Waals surface area (Å²) in [7, 11) is 0. The summed E-state index contributed by atoms with van der Waals surface area (Å²) in [6.07, 6.45) is 6.54. The summed E-state index contributed by atoms with van der Waals surface area (Å²) >= 11 is 0. The van der Waals surface area contributed by atoms with Crippen molar-refractivity contribution < 1.29 is 4.79 Å². The predicted molar refractivity (Wildman–Crippen MR) is 83.6 cm³/mol. The maximum absolute atomic E-state index is 12.4. The van der Waals surface area contributed by atoms with E-state index in [0.717, 1.165) is 29.8 Å². The topological polar surface area (TPSA) is 46.9 Å². The second-order valence-corrected chi connectivity index (χ2v) is 5.93. The number of amides is 1. The predicted octanol–water partition coefficient (Wildman–Crippen LogP) is 3.87. The number of nitrogens with one attached hydrogen (secondary N) is 1. The van der Waals surface area contributed by atoms with Crippen molar-refractivity contribution in [2.24, 2.45) is 0 Å². The summed E-state index contributed by atoms with van der Waals surface area (Å²) in [4.78, 5) is 12.4. The van der Waals surface area contributed by atoms with Crippen LogP contribution < -0.4 is 5.32 Å². The molecule has 0 spiro atoms. The zero-order chi connectivity index (χ0) is 14.8. The van der Waals surface area contributed by atoms with Crippen LogP contribution in [0.3, 0.4) is 0 Å². The second-order valence-electron chi connectivity index (χ2n) is 5.93. The van der Waals surface area contributed by atoms with Gasteiger partial charge in [0, 0.05) is 11.6 Å². The molecule has 1 aliphatic carbocycles. The monoisotopic (exact) mass is 283 g/mol. The first-order chi connectivity index (χ1) is 10.1. The molecule has 0 aliphatic heterocycles. The molecule has 0 atom stereocenters. The molecule has 1 aromatic heterocycles. The minimum atomic E-state index is -0.0680. The molecule has 0 saturated heterocycles. The fraction of sp³-hybridized carbons (Fsp3) is 0.412. The minimum Gasteiger partial charge on any atom is -0.307 e. The maximum Gasteiger partial charge on any atom is 0.256 e. The van der Waals surface area contributed by atoms with Gasteiger partial charge in [-0.15, -0.1) is 0 Å². The summed E-state index contributed by atoms with van der Waals surface area (Å²) in [5.41, 5.74) is 2.90. The van der Waals surface area contributed by atoms with Crippen LogP contribution in [0.25, 0.3) is 0 Å². The van der Waals surface area contributed by atoms with E-state index in [2.05, 4.69) is 16.5 Å². The Morgan fingerprint density at radius 3 is 2.52 bits per heavy atom. The van der Waals surface area contributed by atoms with Gasteiger partial charge in [-0.2, -0.15) is 5.10 Å². The number of carbonyl (C=O) groups is 1. The highest BCUT2D eigenvalue weighted by molar-refractivity contribution is 6.04. The number of benzene rings is 1. The summed E-state index contributed by atoms with van der Waals surface area (Å²) in [6, 6.07) is 8.20. The molecule has 3 rings (SSSR count). The van der Waals surface area contributed by atoms with Gasteiger partial charge >= 0.3 is 0 Å². The van der Waals surface area contributed by atoms with Crippen molar-refractivity contribution >= 4 is 11.7 Å². The standard InChI is InChI=1S/C17H21N3O/c1-12-9-13(2)11-14(10-12)17(21)19-16-7-8-18-20(16)15-5-3-4-6-15/h7-11,15H,3-6H2,1-2H3,(H,19,21). The largest absolute Gasteiger partial charge is 0.307 e. The highest BCUT2D eigenvalue weighted by Crippen LogP contribution is 2.31. The molecule has 1 heterocycles. The van der Waals surface area contributed by atoms with E-state index in [1.54, 1.807) is 6.20 Å². The average molecular weight is 283 g/mol. The van der Waals surface area contributed by atoms with Gasteiger partial charge in [-0.05, 0) is 38.8 Å². The Morgan fingerprint density at radius 2 is 1.86 bits per heavy atom. The number of nitrogens with zero attached hydrogens (tertiary/aromatic N) is 2.